The predicted molar refractivity (Wildman–Crippen MR) is 76.2 cm³/mol. The van der Waals surface area contributed by atoms with Crippen molar-refractivity contribution in [3.63, 3.8) is 0 Å². The van der Waals surface area contributed by atoms with Crippen LogP contribution in [0, 0.1) is 0 Å². The Kier molecular flexibility index (Phi) is 5.94. The van der Waals surface area contributed by atoms with E-state index in [1.807, 2.05) is 0 Å². The Hall–Kier alpha value is -1.15. The molecule has 0 fully saturated rings. The van der Waals surface area contributed by atoms with E-state index in [-0.39, 0.29) is 28.1 Å². The van der Waals surface area contributed by atoms with E-state index >= 15 is 0 Å². The molecule has 1 atom stereocenters. The fourth-order valence-electron chi connectivity index (χ4n) is 1.46. The number of nitrogens with two attached hydrogens (primary N) is 1. The van der Waals surface area contributed by atoms with Crippen LogP contribution in [0.4, 0.5) is 0 Å². The highest BCUT2D eigenvalue weighted by molar-refractivity contribution is 7.89. The fourth-order valence-corrected chi connectivity index (χ4v) is 3.05. The molecule has 1 aromatic carbocycles. The minimum Gasteiger partial charge on any atom is -0.465 e. The van der Waals surface area contributed by atoms with Crippen LogP contribution in [0.5, 0.6) is 0 Å². The van der Waals surface area contributed by atoms with Gasteiger partial charge in [0.15, 0.2) is 0 Å². The largest absolute Gasteiger partial charge is 0.465 e. The molecule has 8 heteroatoms. The summed E-state index contributed by atoms with van der Waals surface area (Å²) < 4.78 is 31.0. The van der Waals surface area contributed by atoms with Crippen molar-refractivity contribution in [2.45, 2.75) is 24.3 Å². The van der Waals surface area contributed by atoms with Crippen LogP contribution in [0.1, 0.15) is 23.7 Å². The van der Waals surface area contributed by atoms with Gasteiger partial charge in [0.2, 0.25) is 10.0 Å². The van der Waals surface area contributed by atoms with Gasteiger partial charge in [0, 0.05) is 12.6 Å². The lowest BCUT2D eigenvalue weighted by Crippen LogP contribution is -2.29. The second-order valence-electron chi connectivity index (χ2n) is 4.30. The summed E-state index contributed by atoms with van der Waals surface area (Å²) in [4.78, 5) is 11.2. The molecule has 0 bridgehead atoms. The van der Waals surface area contributed by atoms with Crippen LogP contribution in [-0.4, -0.2) is 34.1 Å². The topological polar surface area (TPSA) is 98.5 Å². The zero-order valence-corrected chi connectivity index (χ0v) is 12.8. The van der Waals surface area contributed by atoms with Crippen LogP contribution in [0.3, 0.4) is 0 Å². The van der Waals surface area contributed by atoms with Crippen LogP contribution in [0.2, 0.25) is 5.02 Å². The lowest BCUT2D eigenvalue weighted by Gasteiger charge is -2.10. The molecule has 1 aromatic rings. The maximum Gasteiger partial charge on any atom is 0.337 e. The van der Waals surface area contributed by atoms with Crippen molar-refractivity contribution in [1.29, 1.82) is 0 Å². The number of benzene rings is 1. The molecule has 0 saturated carbocycles. The zero-order valence-electron chi connectivity index (χ0n) is 11.2. The van der Waals surface area contributed by atoms with Crippen molar-refractivity contribution in [3.8, 4) is 0 Å². The average Bonchev–Trinajstić information content (AvgIpc) is 2.36. The molecule has 1 rings (SSSR count). The lowest BCUT2D eigenvalue weighted by molar-refractivity contribution is 0.0600. The van der Waals surface area contributed by atoms with Crippen molar-refractivity contribution in [2.24, 2.45) is 5.73 Å². The van der Waals surface area contributed by atoms with E-state index in [0.717, 1.165) is 0 Å². The van der Waals surface area contributed by atoms with Gasteiger partial charge in [0.05, 0.1) is 17.7 Å². The summed E-state index contributed by atoms with van der Waals surface area (Å²) in [6.07, 6.45) is 0.511. The van der Waals surface area contributed by atoms with Gasteiger partial charge < -0.3 is 10.5 Å². The Bertz CT molecular complexity index is 587. The molecule has 0 heterocycles. The predicted octanol–water partition coefficient (Wildman–Crippen LogP) is 1.14. The van der Waals surface area contributed by atoms with E-state index in [2.05, 4.69) is 9.46 Å². The summed E-state index contributed by atoms with van der Waals surface area (Å²) in [6.45, 7) is 2.00. The van der Waals surface area contributed by atoms with Crippen molar-refractivity contribution in [2.75, 3.05) is 13.7 Å². The number of carbonyl (C=O) groups excluding carboxylic acids is 1. The van der Waals surface area contributed by atoms with E-state index in [0.29, 0.717) is 6.42 Å². The first-order chi connectivity index (χ1) is 9.27. The third-order valence-electron chi connectivity index (χ3n) is 2.53. The maximum absolute atomic E-state index is 12.0. The number of ether oxygens (including phenoxy) is 1. The Labute approximate surface area is 123 Å². The molecular formula is C12H17ClN2O4S. The monoisotopic (exact) mass is 320 g/mol. The number of halogens is 1. The number of hydrogen-bond acceptors (Lipinski definition) is 5. The van der Waals surface area contributed by atoms with Crippen molar-refractivity contribution in [3.05, 3.63) is 28.8 Å². The highest BCUT2D eigenvalue weighted by Gasteiger charge is 2.19. The van der Waals surface area contributed by atoms with Gasteiger partial charge in [-0.05, 0) is 31.5 Å². The Morgan fingerprint density at radius 3 is 2.65 bits per heavy atom. The number of hydrogen-bond donors (Lipinski definition) is 2. The van der Waals surface area contributed by atoms with Gasteiger partial charge in [-0.2, -0.15) is 0 Å². The number of rotatable bonds is 6. The fraction of sp³-hybridized carbons (Fsp3) is 0.417. The molecule has 0 radical (unpaired) electrons. The van der Waals surface area contributed by atoms with Crippen LogP contribution in [0.15, 0.2) is 23.1 Å². The minimum absolute atomic E-state index is 0.0406. The summed E-state index contributed by atoms with van der Waals surface area (Å²) in [5.74, 6) is -0.583. The summed E-state index contributed by atoms with van der Waals surface area (Å²) in [5, 5.41) is -0.0406. The molecule has 0 aliphatic rings. The first-order valence-corrected chi connectivity index (χ1v) is 7.77. The second-order valence-corrected chi connectivity index (χ2v) is 6.44. The first-order valence-electron chi connectivity index (χ1n) is 5.91. The highest BCUT2D eigenvalue weighted by atomic mass is 35.5. The molecule has 112 valence electrons. The molecule has 1 unspecified atom stereocenters. The van der Waals surface area contributed by atoms with Crippen molar-refractivity contribution < 1.29 is 17.9 Å². The molecule has 6 nitrogen and oxygen atoms in total. The van der Waals surface area contributed by atoms with Gasteiger partial charge >= 0.3 is 5.97 Å². The molecule has 0 spiro atoms. The summed E-state index contributed by atoms with van der Waals surface area (Å²) in [5.41, 5.74) is 5.73. The van der Waals surface area contributed by atoms with E-state index in [1.165, 1.54) is 25.3 Å². The zero-order chi connectivity index (χ0) is 15.3. The van der Waals surface area contributed by atoms with E-state index in [4.69, 9.17) is 17.3 Å². The second kappa shape index (κ2) is 7.03. The number of esters is 1. The molecule has 3 N–H and O–H groups in total. The van der Waals surface area contributed by atoms with E-state index in [9.17, 15) is 13.2 Å². The van der Waals surface area contributed by atoms with Crippen LogP contribution in [-0.2, 0) is 14.8 Å². The van der Waals surface area contributed by atoms with Gasteiger partial charge in [-0.25, -0.2) is 17.9 Å². The molecular weight excluding hydrogens is 304 g/mol. The van der Waals surface area contributed by atoms with Crippen molar-refractivity contribution >= 4 is 27.6 Å². The number of carbonyl (C=O) groups is 1. The third-order valence-corrected chi connectivity index (χ3v) is 4.48. The molecule has 0 amide bonds. The molecule has 0 saturated heterocycles. The Morgan fingerprint density at radius 2 is 2.15 bits per heavy atom. The van der Waals surface area contributed by atoms with Gasteiger partial charge in [0.25, 0.3) is 0 Å². The minimum atomic E-state index is -3.73. The smallest absolute Gasteiger partial charge is 0.337 e. The first kappa shape index (κ1) is 16.9. The third kappa shape index (κ3) is 4.45. The standard InChI is InChI=1S/C12H17ClN2O4S/c1-8(14)5-6-15-20(17,18)11-4-3-9(7-10(11)13)12(16)19-2/h3-4,7-8,15H,5-6,14H2,1-2H3. The van der Waals surface area contributed by atoms with E-state index < -0.39 is 16.0 Å². The number of methoxy groups -OCH3 is 1. The summed E-state index contributed by atoms with van der Waals surface area (Å²) in [6, 6.07) is 3.77. The average molecular weight is 321 g/mol. The van der Waals surface area contributed by atoms with E-state index in [1.54, 1.807) is 6.92 Å². The number of sulfonamides is 1. The van der Waals surface area contributed by atoms with Crippen molar-refractivity contribution in [1.82, 2.24) is 4.72 Å². The molecule has 0 aliphatic heterocycles. The quantitative estimate of drug-likeness (QED) is 0.766. The Balaban J connectivity index is 2.93. The normalized spacial score (nSPS) is 13.0. The molecule has 20 heavy (non-hydrogen) atoms. The lowest BCUT2D eigenvalue weighted by atomic mass is 10.2. The van der Waals surface area contributed by atoms with Crippen LogP contribution < -0.4 is 10.5 Å². The van der Waals surface area contributed by atoms with Gasteiger partial charge in [0.1, 0.15) is 4.90 Å². The summed E-state index contributed by atoms with van der Waals surface area (Å²) >= 11 is 5.90. The van der Waals surface area contributed by atoms with Crippen LogP contribution >= 0.6 is 11.6 Å². The Morgan fingerprint density at radius 1 is 1.50 bits per heavy atom. The molecule has 0 aromatic heterocycles. The van der Waals surface area contributed by atoms with Crippen LogP contribution in [0.25, 0.3) is 0 Å². The highest BCUT2D eigenvalue weighted by Crippen LogP contribution is 2.22. The SMILES string of the molecule is COC(=O)c1ccc(S(=O)(=O)NCCC(C)N)c(Cl)c1. The maximum atomic E-state index is 12.0. The van der Waals surface area contributed by atoms with Gasteiger partial charge in [-0.15, -0.1) is 0 Å². The molecule has 0 aliphatic carbocycles. The number of nitrogens with one attached hydrogen (secondary N) is 1. The van der Waals surface area contributed by atoms with Gasteiger partial charge in [-0.1, -0.05) is 11.6 Å². The van der Waals surface area contributed by atoms with Gasteiger partial charge in [-0.3, -0.25) is 0 Å². The summed E-state index contributed by atoms with van der Waals surface area (Å²) in [7, 11) is -2.49.